The van der Waals surface area contributed by atoms with Crippen LogP contribution in [0.15, 0.2) is 72.8 Å². The van der Waals surface area contributed by atoms with E-state index in [4.69, 9.17) is 9.47 Å². The Bertz CT molecular complexity index is 922. The normalized spacial score (nSPS) is 11.5. The van der Waals surface area contributed by atoms with Gasteiger partial charge in [-0.3, -0.25) is 4.79 Å². The molecule has 27 heavy (non-hydrogen) atoms. The van der Waals surface area contributed by atoms with Crippen LogP contribution in [0.25, 0.3) is 0 Å². The number of anilines is 1. The molecule has 3 rings (SSSR count). The highest BCUT2D eigenvalue weighted by Gasteiger charge is 2.17. The van der Waals surface area contributed by atoms with Gasteiger partial charge in [0.25, 0.3) is 5.91 Å². The van der Waals surface area contributed by atoms with E-state index in [0.29, 0.717) is 22.9 Å². The highest BCUT2D eigenvalue weighted by atomic mass is 16.5. The molecule has 4 nitrogen and oxygen atoms in total. The zero-order valence-corrected chi connectivity index (χ0v) is 15.7. The molecule has 4 heteroatoms. The van der Waals surface area contributed by atoms with Gasteiger partial charge in [0.15, 0.2) is 11.9 Å². The van der Waals surface area contributed by atoms with Gasteiger partial charge in [0, 0.05) is 0 Å². The molecule has 0 radical (unpaired) electrons. The van der Waals surface area contributed by atoms with Gasteiger partial charge >= 0.3 is 0 Å². The molecular formula is C23H23NO3. The molecule has 0 saturated heterocycles. The second kappa shape index (κ2) is 8.41. The number of rotatable bonds is 6. The van der Waals surface area contributed by atoms with Gasteiger partial charge in [0.2, 0.25) is 0 Å². The fourth-order valence-electron chi connectivity index (χ4n) is 2.68. The minimum absolute atomic E-state index is 0.237. The molecule has 0 bridgehead atoms. The van der Waals surface area contributed by atoms with Crippen molar-refractivity contribution < 1.29 is 14.3 Å². The summed E-state index contributed by atoms with van der Waals surface area (Å²) in [5, 5.41) is 2.89. The summed E-state index contributed by atoms with van der Waals surface area (Å²) < 4.78 is 11.7. The lowest BCUT2D eigenvalue weighted by Crippen LogP contribution is -2.30. The Morgan fingerprint density at radius 2 is 1.59 bits per heavy atom. The molecule has 0 aliphatic carbocycles. The molecule has 0 spiro atoms. The molecule has 138 valence electrons. The maximum absolute atomic E-state index is 12.6. The molecule has 0 aliphatic heterocycles. The predicted octanol–water partition coefficient (Wildman–Crippen LogP) is 5.50. The lowest BCUT2D eigenvalue weighted by atomic mass is 10.1. The quantitative estimate of drug-likeness (QED) is 0.630. The molecule has 3 aromatic carbocycles. The van der Waals surface area contributed by atoms with E-state index in [1.807, 2.05) is 80.6 Å². The van der Waals surface area contributed by atoms with Gasteiger partial charge in [-0.2, -0.15) is 0 Å². The largest absolute Gasteiger partial charge is 0.481 e. The molecule has 1 amide bonds. The van der Waals surface area contributed by atoms with Crippen LogP contribution in [0, 0.1) is 13.8 Å². The van der Waals surface area contributed by atoms with Crippen LogP contribution in [0.1, 0.15) is 18.1 Å². The summed E-state index contributed by atoms with van der Waals surface area (Å²) in [6, 6.07) is 22.7. The number of nitrogens with one attached hydrogen (secondary N) is 1. The Balaban J connectivity index is 1.70. The number of ether oxygens (including phenoxy) is 2. The van der Waals surface area contributed by atoms with Gasteiger partial charge in [-0.15, -0.1) is 0 Å². The number of para-hydroxylation sites is 3. The SMILES string of the molecule is Cc1ccc(O[C@@H](C)C(=O)Nc2ccccc2Oc2ccccc2)c(C)c1. The maximum Gasteiger partial charge on any atom is 0.265 e. The zero-order valence-electron chi connectivity index (χ0n) is 15.7. The van der Waals surface area contributed by atoms with E-state index in [0.717, 1.165) is 11.1 Å². The van der Waals surface area contributed by atoms with Gasteiger partial charge in [0.05, 0.1) is 5.69 Å². The third-order valence-electron chi connectivity index (χ3n) is 4.12. The molecule has 0 aromatic heterocycles. The summed E-state index contributed by atoms with van der Waals surface area (Å²) in [4.78, 5) is 12.6. The first-order valence-corrected chi connectivity index (χ1v) is 8.89. The molecule has 0 aliphatic rings. The van der Waals surface area contributed by atoms with Crippen LogP contribution in [0.3, 0.4) is 0 Å². The van der Waals surface area contributed by atoms with E-state index in [1.165, 1.54) is 0 Å². The highest BCUT2D eigenvalue weighted by Crippen LogP contribution is 2.29. The summed E-state index contributed by atoms with van der Waals surface area (Å²) in [7, 11) is 0. The van der Waals surface area contributed by atoms with Gasteiger partial charge in [-0.05, 0) is 56.7 Å². The molecule has 1 atom stereocenters. The maximum atomic E-state index is 12.6. The smallest absolute Gasteiger partial charge is 0.265 e. The minimum Gasteiger partial charge on any atom is -0.481 e. The van der Waals surface area contributed by atoms with Gasteiger partial charge in [-0.1, -0.05) is 48.0 Å². The fraction of sp³-hybridized carbons (Fsp3) is 0.174. The van der Waals surface area contributed by atoms with Gasteiger partial charge in [-0.25, -0.2) is 0 Å². The van der Waals surface area contributed by atoms with E-state index < -0.39 is 6.10 Å². The van der Waals surface area contributed by atoms with Crippen molar-refractivity contribution in [2.75, 3.05) is 5.32 Å². The number of hydrogen-bond donors (Lipinski definition) is 1. The lowest BCUT2D eigenvalue weighted by molar-refractivity contribution is -0.122. The van der Waals surface area contributed by atoms with Crippen molar-refractivity contribution in [1.29, 1.82) is 0 Å². The summed E-state index contributed by atoms with van der Waals surface area (Å²) in [5.74, 6) is 1.76. The molecule has 0 fully saturated rings. The standard InChI is InChI=1S/C23H23NO3/c1-16-13-14-21(17(2)15-16)26-18(3)23(25)24-20-11-7-8-12-22(20)27-19-9-5-4-6-10-19/h4-15,18H,1-3H3,(H,24,25)/t18-/m0/s1. The van der Waals surface area contributed by atoms with Crippen LogP contribution in [-0.2, 0) is 4.79 Å². The summed E-state index contributed by atoms with van der Waals surface area (Å²) in [6.07, 6.45) is -0.642. The Labute approximate surface area is 159 Å². The van der Waals surface area contributed by atoms with Crippen LogP contribution in [-0.4, -0.2) is 12.0 Å². The Morgan fingerprint density at radius 3 is 2.33 bits per heavy atom. The molecule has 3 aromatic rings. The minimum atomic E-state index is -0.642. The monoisotopic (exact) mass is 361 g/mol. The van der Waals surface area contributed by atoms with Crippen LogP contribution in [0.5, 0.6) is 17.2 Å². The van der Waals surface area contributed by atoms with Crippen molar-refractivity contribution in [3.05, 3.63) is 83.9 Å². The average molecular weight is 361 g/mol. The highest BCUT2D eigenvalue weighted by molar-refractivity contribution is 5.95. The van der Waals surface area contributed by atoms with Crippen molar-refractivity contribution in [3.63, 3.8) is 0 Å². The third kappa shape index (κ3) is 4.88. The second-order valence-electron chi connectivity index (χ2n) is 6.43. The van der Waals surface area contributed by atoms with E-state index in [2.05, 4.69) is 5.32 Å². The van der Waals surface area contributed by atoms with Gasteiger partial charge < -0.3 is 14.8 Å². The molecule has 0 heterocycles. The Hall–Kier alpha value is -3.27. The first-order chi connectivity index (χ1) is 13.0. The molecular weight excluding hydrogens is 338 g/mol. The molecule has 0 saturated carbocycles. The van der Waals surface area contributed by atoms with Crippen LogP contribution >= 0.6 is 0 Å². The number of hydrogen-bond acceptors (Lipinski definition) is 3. The van der Waals surface area contributed by atoms with Crippen LogP contribution < -0.4 is 14.8 Å². The van der Waals surface area contributed by atoms with Crippen molar-refractivity contribution >= 4 is 11.6 Å². The number of benzene rings is 3. The summed E-state index contributed by atoms with van der Waals surface area (Å²) in [5.41, 5.74) is 2.76. The Morgan fingerprint density at radius 1 is 0.889 bits per heavy atom. The number of amides is 1. The lowest BCUT2D eigenvalue weighted by Gasteiger charge is -2.18. The first kappa shape index (κ1) is 18.5. The number of carbonyl (C=O) groups is 1. The van der Waals surface area contributed by atoms with Gasteiger partial charge in [0.1, 0.15) is 11.5 Å². The second-order valence-corrected chi connectivity index (χ2v) is 6.43. The summed E-state index contributed by atoms with van der Waals surface area (Å²) in [6.45, 7) is 5.72. The van der Waals surface area contributed by atoms with Crippen molar-refractivity contribution in [1.82, 2.24) is 0 Å². The predicted molar refractivity (Wildman–Crippen MR) is 108 cm³/mol. The number of aryl methyl sites for hydroxylation is 2. The first-order valence-electron chi connectivity index (χ1n) is 8.89. The van der Waals surface area contributed by atoms with Crippen molar-refractivity contribution in [3.8, 4) is 17.2 Å². The van der Waals surface area contributed by atoms with E-state index >= 15 is 0 Å². The average Bonchev–Trinajstić information content (AvgIpc) is 2.66. The van der Waals surface area contributed by atoms with Crippen LogP contribution in [0.2, 0.25) is 0 Å². The zero-order chi connectivity index (χ0) is 19.2. The third-order valence-corrected chi connectivity index (χ3v) is 4.12. The van der Waals surface area contributed by atoms with E-state index in [9.17, 15) is 4.79 Å². The Kier molecular flexibility index (Phi) is 5.77. The summed E-state index contributed by atoms with van der Waals surface area (Å²) >= 11 is 0. The van der Waals surface area contributed by atoms with Crippen molar-refractivity contribution in [2.45, 2.75) is 26.9 Å². The molecule has 1 N–H and O–H groups in total. The van der Waals surface area contributed by atoms with Crippen molar-refractivity contribution in [2.24, 2.45) is 0 Å². The van der Waals surface area contributed by atoms with Crippen LogP contribution in [0.4, 0.5) is 5.69 Å². The molecule has 0 unspecified atom stereocenters. The topological polar surface area (TPSA) is 47.6 Å². The fourth-order valence-corrected chi connectivity index (χ4v) is 2.68. The van der Waals surface area contributed by atoms with E-state index in [-0.39, 0.29) is 5.91 Å². The number of carbonyl (C=O) groups excluding carboxylic acids is 1. The van der Waals surface area contributed by atoms with E-state index in [1.54, 1.807) is 13.0 Å².